The second-order valence-corrected chi connectivity index (χ2v) is 7.00. The lowest BCUT2D eigenvalue weighted by Gasteiger charge is -2.32. The zero-order chi connectivity index (χ0) is 17.1. The summed E-state index contributed by atoms with van der Waals surface area (Å²) >= 11 is 0. The molecule has 25 heavy (non-hydrogen) atoms. The van der Waals surface area contributed by atoms with Crippen LogP contribution in [0.1, 0.15) is 38.5 Å². The highest BCUT2D eigenvalue weighted by Gasteiger charge is 2.41. The van der Waals surface area contributed by atoms with E-state index in [1.54, 1.807) is 6.20 Å². The zero-order valence-electron chi connectivity index (χ0n) is 14.2. The molecule has 132 valence electrons. The molecule has 2 heterocycles. The Bertz CT molecular complexity index is 723. The van der Waals surface area contributed by atoms with Crippen molar-refractivity contribution in [3.8, 4) is 11.3 Å². The maximum absolute atomic E-state index is 12.3. The van der Waals surface area contributed by atoms with Gasteiger partial charge in [-0.2, -0.15) is 0 Å². The van der Waals surface area contributed by atoms with Gasteiger partial charge < -0.3 is 19.8 Å². The fourth-order valence-electron chi connectivity index (χ4n) is 3.94. The normalized spacial score (nSPS) is 22.0. The van der Waals surface area contributed by atoms with E-state index in [9.17, 15) is 4.79 Å². The lowest BCUT2D eigenvalue weighted by molar-refractivity contribution is -0.0245. The van der Waals surface area contributed by atoms with E-state index in [1.165, 1.54) is 25.7 Å². The minimum atomic E-state index is -0.198. The van der Waals surface area contributed by atoms with Crippen LogP contribution < -0.4 is 10.6 Å². The number of ether oxygens (including phenoxy) is 1. The summed E-state index contributed by atoms with van der Waals surface area (Å²) in [6, 6.07) is 7.40. The lowest BCUT2D eigenvalue weighted by Crippen LogP contribution is -2.39. The molecule has 4 rings (SSSR count). The third-order valence-electron chi connectivity index (χ3n) is 5.15. The molecular weight excluding hydrogens is 318 g/mol. The Morgan fingerprint density at radius 3 is 2.92 bits per heavy atom. The van der Waals surface area contributed by atoms with Crippen molar-refractivity contribution in [2.24, 2.45) is 0 Å². The Labute approximate surface area is 147 Å². The molecule has 2 aromatic rings. The number of nitrogens with zero attached hydrogens (tertiary/aromatic N) is 1. The van der Waals surface area contributed by atoms with Gasteiger partial charge in [0.15, 0.2) is 12.2 Å². The number of oxazole rings is 1. The van der Waals surface area contributed by atoms with Gasteiger partial charge >= 0.3 is 6.03 Å². The van der Waals surface area contributed by atoms with E-state index in [-0.39, 0.29) is 17.7 Å². The van der Waals surface area contributed by atoms with E-state index < -0.39 is 0 Å². The summed E-state index contributed by atoms with van der Waals surface area (Å²) in [5.41, 5.74) is 1.60. The van der Waals surface area contributed by atoms with Crippen LogP contribution in [0.5, 0.6) is 0 Å². The van der Waals surface area contributed by atoms with Crippen LogP contribution in [0, 0.1) is 0 Å². The molecule has 2 amide bonds. The molecule has 6 heteroatoms. The van der Waals surface area contributed by atoms with Gasteiger partial charge in [0, 0.05) is 11.3 Å². The molecule has 1 aromatic carbocycles. The number of anilines is 1. The van der Waals surface area contributed by atoms with Crippen molar-refractivity contribution >= 4 is 11.7 Å². The van der Waals surface area contributed by atoms with E-state index >= 15 is 0 Å². The highest BCUT2D eigenvalue weighted by molar-refractivity contribution is 5.90. The molecule has 0 bridgehead atoms. The van der Waals surface area contributed by atoms with Gasteiger partial charge in [0.05, 0.1) is 24.4 Å². The molecule has 1 saturated carbocycles. The first kappa shape index (κ1) is 16.1. The van der Waals surface area contributed by atoms with Crippen molar-refractivity contribution in [3.63, 3.8) is 0 Å². The van der Waals surface area contributed by atoms with Crippen molar-refractivity contribution in [3.05, 3.63) is 36.9 Å². The predicted molar refractivity (Wildman–Crippen MR) is 94.3 cm³/mol. The molecule has 1 aliphatic heterocycles. The summed E-state index contributed by atoms with van der Waals surface area (Å²) in [5.74, 6) is 0.674. The molecular formula is C19H23N3O3. The predicted octanol–water partition coefficient (Wildman–Crippen LogP) is 3.95. The monoisotopic (exact) mass is 341 g/mol. The van der Waals surface area contributed by atoms with E-state index in [1.807, 2.05) is 24.3 Å². The van der Waals surface area contributed by atoms with Crippen LogP contribution in [0.2, 0.25) is 0 Å². The smallest absolute Gasteiger partial charge is 0.319 e. The number of aromatic nitrogens is 1. The second-order valence-electron chi connectivity index (χ2n) is 7.00. The number of hydrogen-bond acceptors (Lipinski definition) is 4. The fourth-order valence-corrected chi connectivity index (χ4v) is 3.94. The molecule has 2 N–H and O–H groups in total. The molecule has 1 aromatic heterocycles. The number of nitrogens with one attached hydrogen (secondary N) is 2. The van der Waals surface area contributed by atoms with Crippen LogP contribution in [0.25, 0.3) is 11.3 Å². The van der Waals surface area contributed by atoms with Crippen LogP contribution >= 0.6 is 0 Å². The van der Waals surface area contributed by atoms with Crippen molar-refractivity contribution in [2.75, 3.05) is 11.9 Å². The van der Waals surface area contributed by atoms with Crippen LogP contribution in [0.15, 0.2) is 41.3 Å². The Kier molecular flexibility index (Phi) is 4.44. The first-order valence-corrected chi connectivity index (χ1v) is 8.93. The van der Waals surface area contributed by atoms with Gasteiger partial charge in [-0.25, -0.2) is 9.78 Å². The summed E-state index contributed by atoms with van der Waals surface area (Å²) < 4.78 is 11.3. The molecule has 2 fully saturated rings. The van der Waals surface area contributed by atoms with E-state index in [4.69, 9.17) is 9.15 Å². The van der Waals surface area contributed by atoms with E-state index in [2.05, 4.69) is 15.6 Å². The van der Waals surface area contributed by atoms with Crippen molar-refractivity contribution in [1.29, 1.82) is 0 Å². The number of hydrogen-bond donors (Lipinski definition) is 2. The number of rotatable bonds is 3. The summed E-state index contributed by atoms with van der Waals surface area (Å²) in [6.45, 7) is 0.603. The van der Waals surface area contributed by atoms with Crippen LogP contribution in [-0.4, -0.2) is 29.3 Å². The average Bonchev–Trinajstić information content (AvgIpc) is 3.27. The molecule has 1 saturated heterocycles. The summed E-state index contributed by atoms with van der Waals surface area (Å²) in [6.07, 6.45) is 9.95. The highest BCUT2D eigenvalue weighted by Crippen LogP contribution is 2.39. The lowest BCUT2D eigenvalue weighted by atomic mass is 9.82. The summed E-state index contributed by atoms with van der Waals surface area (Å²) in [5, 5.41) is 5.94. The quantitative estimate of drug-likeness (QED) is 0.886. The summed E-state index contributed by atoms with van der Waals surface area (Å²) in [7, 11) is 0. The van der Waals surface area contributed by atoms with Gasteiger partial charge in [0.2, 0.25) is 0 Å². The van der Waals surface area contributed by atoms with Crippen LogP contribution in [-0.2, 0) is 4.74 Å². The maximum atomic E-state index is 12.3. The largest absolute Gasteiger partial charge is 0.444 e. The molecule has 1 aliphatic carbocycles. The molecule has 1 unspecified atom stereocenters. The minimum Gasteiger partial charge on any atom is -0.444 e. The van der Waals surface area contributed by atoms with Gasteiger partial charge in [-0.05, 0) is 31.4 Å². The molecule has 1 atom stereocenters. The third kappa shape index (κ3) is 3.69. The minimum absolute atomic E-state index is 0.00238. The number of urea groups is 1. The third-order valence-corrected chi connectivity index (χ3v) is 5.15. The van der Waals surface area contributed by atoms with Crippen molar-refractivity contribution in [1.82, 2.24) is 10.3 Å². The summed E-state index contributed by atoms with van der Waals surface area (Å²) in [4.78, 5) is 16.2. The van der Waals surface area contributed by atoms with E-state index in [0.717, 1.165) is 30.5 Å². The van der Waals surface area contributed by atoms with Crippen LogP contribution in [0.3, 0.4) is 0 Å². The van der Waals surface area contributed by atoms with E-state index in [0.29, 0.717) is 12.4 Å². The van der Waals surface area contributed by atoms with Gasteiger partial charge in [-0.15, -0.1) is 0 Å². The first-order valence-electron chi connectivity index (χ1n) is 8.93. The number of amides is 2. The SMILES string of the molecule is O=C(Nc1cccc(-c2cnco2)c1)NC1COC2(CCCCC2)C1. The molecule has 2 aliphatic rings. The Balaban J connectivity index is 1.34. The van der Waals surface area contributed by atoms with Gasteiger partial charge in [0.25, 0.3) is 0 Å². The van der Waals surface area contributed by atoms with Crippen molar-refractivity contribution < 1.29 is 13.9 Å². The Morgan fingerprint density at radius 2 is 2.12 bits per heavy atom. The Morgan fingerprint density at radius 1 is 1.24 bits per heavy atom. The zero-order valence-corrected chi connectivity index (χ0v) is 14.2. The van der Waals surface area contributed by atoms with Gasteiger partial charge in [0.1, 0.15) is 0 Å². The molecule has 0 radical (unpaired) electrons. The molecule has 1 spiro atoms. The standard InChI is InChI=1S/C19H23N3O3/c23-18(22-16-10-19(25-12-16)7-2-1-3-8-19)21-15-6-4-5-14(9-15)17-11-20-13-24-17/h4-6,9,11,13,16H,1-3,7-8,10,12H2,(H2,21,22,23). The number of carbonyl (C=O) groups excluding carboxylic acids is 1. The van der Waals surface area contributed by atoms with Crippen molar-refractivity contribution in [2.45, 2.75) is 50.2 Å². The topological polar surface area (TPSA) is 76.4 Å². The first-order chi connectivity index (χ1) is 12.2. The Hall–Kier alpha value is -2.34. The number of benzene rings is 1. The van der Waals surface area contributed by atoms with Gasteiger partial charge in [-0.3, -0.25) is 0 Å². The highest BCUT2D eigenvalue weighted by atomic mass is 16.5. The number of carbonyl (C=O) groups is 1. The molecule has 6 nitrogen and oxygen atoms in total. The maximum Gasteiger partial charge on any atom is 0.319 e. The average molecular weight is 341 g/mol. The van der Waals surface area contributed by atoms with Crippen LogP contribution in [0.4, 0.5) is 10.5 Å². The second kappa shape index (κ2) is 6.88. The van der Waals surface area contributed by atoms with Gasteiger partial charge in [-0.1, -0.05) is 31.4 Å². The fraction of sp³-hybridized carbons (Fsp3) is 0.474.